The number of benzene rings is 2. The van der Waals surface area contributed by atoms with E-state index in [1.807, 2.05) is 44.2 Å². The number of esters is 1. The molecule has 0 saturated carbocycles. The molecule has 1 saturated heterocycles. The molecule has 1 aliphatic rings. The molecule has 0 bridgehead atoms. The van der Waals surface area contributed by atoms with Crippen LogP contribution in [-0.2, 0) is 20.9 Å². The summed E-state index contributed by atoms with van der Waals surface area (Å²) in [6.45, 7) is 8.61. The molecule has 0 aromatic heterocycles. The van der Waals surface area contributed by atoms with Crippen LogP contribution in [0, 0.1) is 20.8 Å². The van der Waals surface area contributed by atoms with Crippen molar-refractivity contribution in [3.05, 3.63) is 64.7 Å². The predicted molar refractivity (Wildman–Crippen MR) is 136 cm³/mol. The second-order valence-corrected chi connectivity index (χ2v) is 14.3. The third-order valence-electron chi connectivity index (χ3n) is 6.90. The Hall–Kier alpha value is -2.19. The maximum absolute atomic E-state index is 13.6. The van der Waals surface area contributed by atoms with Gasteiger partial charge < -0.3 is 0 Å². The minimum absolute atomic E-state index is 0.0561. The van der Waals surface area contributed by atoms with Gasteiger partial charge in [0.15, 0.2) is 0 Å². The zero-order chi connectivity index (χ0) is 23.1. The van der Waals surface area contributed by atoms with E-state index in [1.165, 1.54) is 5.56 Å². The molecule has 1 amide bonds. The summed E-state index contributed by atoms with van der Waals surface area (Å²) in [5.41, 5.74) is 5.25. The number of rotatable bonds is 9. The molecule has 0 spiro atoms. The van der Waals surface area contributed by atoms with Crippen LogP contribution in [0.15, 0.2) is 42.5 Å². The van der Waals surface area contributed by atoms with Gasteiger partial charge >= 0.3 is 193 Å². The van der Waals surface area contributed by atoms with Gasteiger partial charge in [0.1, 0.15) is 0 Å². The van der Waals surface area contributed by atoms with Gasteiger partial charge in [-0.3, -0.25) is 0 Å². The fourth-order valence-corrected chi connectivity index (χ4v) is 11.1. The molecule has 32 heavy (non-hydrogen) atoms. The van der Waals surface area contributed by atoms with Crippen LogP contribution >= 0.6 is 7.26 Å². The standard InChI is InChI=1S/C27H38NO3P/c1-5-11-24(27(30)28-26-21(3)16-20(2)17-22(26)4)32(14-9-10-15-32)19-25(29)31-18-23-12-7-6-8-13-23/h6-8,12-13,16-17,24,32H,5,9-11,14-15,18-19H2,1-4H3,(H,28,30). The van der Waals surface area contributed by atoms with E-state index in [-0.39, 0.29) is 17.5 Å². The van der Waals surface area contributed by atoms with Crippen molar-refractivity contribution in [3.8, 4) is 0 Å². The average molecular weight is 456 g/mol. The summed E-state index contributed by atoms with van der Waals surface area (Å²) in [5.74, 6) is -0.0367. The van der Waals surface area contributed by atoms with Crippen LogP contribution in [0.5, 0.6) is 0 Å². The molecule has 1 N–H and O–H groups in total. The third kappa shape index (κ3) is 5.98. The molecule has 1 aliphatic heterocycles. The third-order valence-corrected chi connectivity index (χ3v) is 12.6. The van der Waals surface area contributed by atoms with Crippen molar-refractivity contribution in [3.63, 3.8) is 0 Å². The number of ether oxygens (including phenoxy) is 1. The Bertz CT molecular complexity index is 912. The molecule has 1 atom stereocenters. The second-order valence-electron chi connectivity index (χ2n) is 9.50. The number of carbonyl (C=O) groups is 2. The minimum atomic E-state index is -2.13. The van der Waals surface area contributed by atoms with Crippen molar-refractivity contribution in [2.24, 2.45) is 0 Å². The summed E-state index contributed by atoms with van der Waals surface area (Å²) in [7, 11) is -2.13. The first kappa shape index (κ1) is 24.5. The summed E-state index contributed by atoms with van der Waals surface area (Å²) in [6, 6.07) is 14.0. The summed E-state index contributed by atoms with van der Waals surface area (Å²) < 4.78 is 5.66. The molecule has 174 valence electrons. The van der Waals surface area contributed by atoms with E-state index in [9.17, 15) is 9.59 Å². The Morgan fingerprint density at radius 3 is 2.25 bits per heavy atom. The molecule has 0 radical (unpaired) electrons. The molecule has 1 heterocycles. The molecule has 2 aromatic carbocycles. The van der Waals surface area contributed by atoms with E-state index in [2.05, 4.69) is 31.3 Å². The molecule has 2 aromatic rings. The summed E-state index contributed by atoms with van der Waals surface area (Å²) in [5, 5.41) is 3.27. The molecule has 1 unspecified atom stereocenters. The van der Waals surface area contributed by atoms with Crippen LogP contribution in [0.1, 0.15) is 54.9 Å². The molecule has 5 heteroatoms. The van der Waals surface area contributed by atoms with Crippen LogP contribution in [-0.4, -0.2) is 36.0 Å². The van der Waals surface area contributed by atoms with Gasteiger partial charge in [-0.2, -0.15) is 0 Å². The number of nitrogens with one attached hydrogen (secondary N) is 1. The van der Waals surface area contributed by atoms with Gasteiger partial charge in [-0.25, -0.2) is 0 Å². The van der Waals surface area contributed by atoms with Crippen LogP contribution in [0.25, 0.3) is 0 Å². The predicted octanol–water partition coefficient (Wildman–Crippen LogP) is 6.01. The molecular formula is C27H38NO3P. The first-order valence-electron chi connectivity index (χ1n) is 11.9. The first-order chi connectivity index (χ1) is 15.3. The Labute approximate surface area is 193 Å². The quantitative estimate of drug-likeness (QED) is 0.372. The number of aryl methyl sites for hydroxylation is 3. The van der Waals surface area contributed by atoms with Crippen molar-refractivity contribution in [1.29, 1.82) is 0 Å². The van der Waals surface area contributed by atoms with E-state index >= 15 is 0 Å². The van der Waals surface area contributed by atoms with Gasteiger partial charge in [-0.1, -0.05) is 0 Å². The van der Waals surface area contributed by atoms with Crippen molar-refractivity contribution in [1.82, 2.24) is 0 Å². The Morgan fingerprint density at radius 1 is 1.03 bits per heavy atom. The number of carbonyl (C=O) groups excluding carboxylic acids is 2. The second kappa shape index (κ2) is 11.1. The first-order valence-corrected chi connectivity index (χ1v) is 14.6. The van der Waals surface area contributed by atoms with E-state index < -0.39 is 7.26 Å². The van der Waals surface area contributed by atoms with Gasteiger partial charge in [0.25, 0.3) is 0 Å². The van der Waals surface area contributed by atoms with Crippen molar-refractivity contribution in [2.45, 2.75) is 65.6 Å². The van der Waals surface area contributed by atoms with Gasteiger partial charge in [0, 0.05) is 0 Å². The van der Waals surface area contributed by atoms with Crippen molar-refractivity contribution >= 4 is 24.8 Å². The molecular weight excluding hydrogens is 417 g/mol. The number of amides is 1. The number of hydrogen-bond donors (Lipinski definition) is 1. The molecule has 4 nitrogen and oxygen atoms in total. The van der Waals surface area contributed by atoms with Gasteiger partial charge in [0.2, 0.25) is 0 Å². The van der Waals surface area contributed by atoms with Crippen molar-refractivity contribution in [2.75, 3.05) is 23.8 Å². The summed E-state index contributed by atoms with van der Waals surface area (Å²) >= 11 is 0. The van der Waals surface area contributed by atoms with Crippen LogP contribution in [0.2, 0.25) is 0 Å². The zero-order valence-electron chi connectivity index (χ0n) is 20.0. The Morgan fingerprint density at radius 2 is 1.66 bits per heavy atom. The summed E-state index contributed by atoms with van der Waals surface area (Å²) in [6.07, 6.45) is 6.55. The van der Waals surface area contributed by atoms with Gasteiger partial charge in [-0.15, -0.1) is 0 Å². The zero-order valence-corrected chi connectivity index (χ0v) is 21.0. The van der Waals surface area contributed by atoms with Crippen LogP contribution in [0.3, 0.4) is 0 Å². The number of hydrogen-bond acceptors (Lipinski definition) is 3. The maximum atomic E-state index is 13.6. The Kier molecular flexibility index (Phi) is 8.48. The average Bonchev–Trinajstić information content (AvgIpc) is 3.22. The van der Waals surface area contributed by atoms with E-state index in [0.717, 1.165) is 60.4 Å². The van der Waals surface area contributed by atoms with Crippen LogP contribution < -0.4 is 5.32 Å². The Balaban J connectivity index is 1.76. The fraction of sp³-hybridized carbons (Fsp3) is 0.481. The van der Waals surface area contributed by atoms with Gasteiger partial charge in [-0.05, 0) is 0 Å². The van der Waals surface area contributed by atoms with Crippen molar-refractivity contribution < 1.29 is 14.3 Å². The van der Waals surface area contributed by atoms with Crippen LogP contribution in [0.4, 0.5) is 5.69 Å². The molecule has 3 rings (SSSR count). The van der Waals surface area contributed by atoms with E-state index in [0.29, 0.717) is 12.8 Å². The molecule has 1 fully saturated rings. The topological polar surface area (TPSA) is 55.4 Å². The van der Waals surface area contributed by atoms with E-state index in [1.54, 1.807) is 0 Å². The SMILES string of the molecule is CCCC(C(=O)Nc1c(C)cc(C)cc1C)[PH]1(CC(=O)OCc2ccccc2)CCCC1. The fourth-order valence-electron chi connectivity index (χ4n) is 5.40. The van der Waals surface area contributed by atoms with E-state index in [4.69, 9.17) is 4.74 Å². The monoisotopic (exact) mass is 455 g/mol. The molecule has 0 aliphatic carbocycles. The summed E-state index contributed by atoms with van der Waals surface area (Å²) in [4.78, 5) is 26.5. The van der Waals surface area contributed by atoms with Gasteiger partial charge in [0.05, 0.1) is 0 Å². The number of anilines is 1. The normalized spacial score (nSPS) is 16.9.